The zero-order valence-electron chi connectivity index (χ0n) is 4.33. The molecule has 0 spiro atoms. The van der Waals surface area contributed by atoms with E-state index in [-0.39, 0.29) is 58.0 Å². The Bertz CT molecular complexity index is 32.1. The van der Waals surface area contributed by atoms with Gasteiger partial charge in [0.15, 0.2) is 0 Å². The molecule has 0 amide bonds. The summed E-state index contributed by atoms with van der Waals surface area (Å²) in [5, 5.41) is 16.4. The zero-order chi connectivity index (χ0) is 4.99. The summed E-state index contributed by atoms with van der Waals surface area (Å²) in [7, 11) is 0. The molecule has 2 N–H and O–H groups in total. The summed E-state index contributed by atoms with van der Waals surface area (Å²) in [5.41, 5.74) is 0. The van der Waals surface area contributed by atoms with Gasteiger partial charge in [0.2, 0.25) is 0 Å². The van der Waals surface area contributed by atoms with Gasteiger partial charge in [-0.2, -0.15) is 12.6 Å². The van der Waals surface area contributed by atoms with Crippen molar-refractivity contribution in [3.8, 4) is 0 Å². The zero-order valence-corrected chi connectivity index (χ0v) is 8.35. The molecule has 0 saturated carbocycles. The van der Waals surface area contributed by atoms with Crippen LogP contribution in [-0.4, -0.2) is 80.1 Å². The van der Waals surface area contributed by atoms with Crippen LogP contribution in [0.5, 0.6) is 0 Å². The molecule has 0 rings (SSSR count). The van der Waals surface area contributed by atoms with Gasteiger partial charge in [-0.15, -0.1) is 0 Å². The van der Waals surface area contributed by atoms with Crippen molar-refractivity contribution in [1.29, 1.82) is 0 Å². The van der Waals surface area contributed by atoms with Gasteiger partial charge in [-0.1, -0.05) is 0 Å². The maximum Gasteiger partial charge on any atom is 0.0858 e. The van der Waals surface area contributed by atoms with E-state index in [1.54, 1.807) is 0 Å². The predicted octanol–water partition coefficient (Wildman–Crippen LogP) is -1.11. The summed E-state index contributed by atoms with van der Waals surface area (Å²) in [6.07, 6.45) is -0.645. The summed E-state index contributed by atoms with van der Waals surface area (Å²) in [6.45, 7) is -0.191. The minimum Gasteiger partial charge on any atom is -0.394 e. The van der Waals surface area contributed by atoms with E-state index >= 15 is 0 Å². The molecule has 0 fully saturated rings. The Balaban J connectivity index is 0. The van der Waals surface area contributed by atoms with Gasteiger partial charge in [0.1, 0.15) is 0 Å². The average molecular weight is 147 g/mol. The Kier molecular flexibility index (Phi) is 13.2. The van der Waals surface area contributed by atoms with Crippen LogP contribution < -0.4 is 0 Å². The van der Waals surface area contributed by atoms with Gasteiger partial charge < -0.3 is 10.2 Å². The Morgan fingerprint density at radius 1 is 1.57 bits per heavy atom. The number of aliphatic hydroxyl groups is 2. The maximum absolute atomic E-state index is 8.34. The first-order chi connectivity index (χ1) is 2.81. The summed E-state index contributed by atoms with van der Waals surface area (Å²) in [6, 6.07) is 0. The van der Waals surface area contributed by atoms with Crippen molar-refractivity contribution in [3.63, 3.8) is 0 Å². The van der Waals surface area contributed by atoms with Crippen LogP contribution in [0.4, 0.5) is 0 Å². The van der Waals surface area contributed by atoms with Gasteiger partial charge in [0.05, 0.1) is 12.7 Å². The number of rotatable bonds is 2. The number of aliphatic hydroxyl groups excluding tert-OH is 2. The molecule has 1 atom stereocenters. The minimum atomic E-state index is -0.645. The fraction of sp³-hybridized carbons (Fsp3) is 1.00. The van der Waals surface area contributed by atoms with Crippen molar-refractivity contribution in [3.05, 3.63) is 0 Å². The topological polar surface area (TPSA) is 40.5 Å². The molecular formula is C3H8KO2S. The van der Waals surface area contributed by atoms with E-state index in [9.17, 15) is 0 Å². The van der Waals surface area contributed by atoms with E-state index in [4.69, 9.17) is 10.2 Å². The van der Waals surface area contributed by atoms with Crippen LogP contribution in [0.3, 0.4) is 0 Å². The van der Waals surface area contributed by atoms with Gasteiger partial charge in [0.25, 0.3) is 0 Å². The maximum atomic E-state index is 8.34. The summed E-state index contributed by atoms with van der Waals surface area (Å²) in [5.74, 6) is 0.330. The molecule has 0 heterocycles. The molecule has 0 aromatic carbocycles. The van der Waals surface area contributed by atoms with Crippen LogP contribution in [0.1, 0.15) is 0 Å². The molecule has 0 bridgehead atoms. The second-order valence-corrected chi connectivity index (χ2v) is 1.38. The number of thiol groups is 1. The number of hydrogen-bond donors (Lipinski definition) is 3. The third-order valence-electron chi connectivity index (χ3n) is 0.421. The van der Waals surface area contributed by atoms with Crippen molar-refractivity contribution < 1.29 is 10.2 Å². The fourth-order valence-corrected chi connectivity index (χ4v) is 0.173. The van der Waals surface area contributed by atoms with Crippen molar-refractivity contribution in [2.45, 2.75) is 6.10 Å². The van der Waals surface area contributed by atoms with Crippen LogP contribution in [0.15, 0.2) is 0 Å². The molecule has 0 saturated heterocycles. The van der Waals surface area contributed by atoms with E-state index in [1.807, 2.05) is 0 Å². The van der Waals surface area contributed by atoms with Gasteiger partial charge in [-0.3, -0.25) is 0 Å². The standard InChI is InChI=1S/C3H8O2S.K/c4-1-3(5)2-6;/h3-6H,1-2H2;. The third-order valence-corrected chi connectivity index (χ3v) is 0.843. The Morgan fingerprint density at radius 3 is 2.00 bits per heavy atom. The monoisotopic (exact) mass is 147 g/mol. The van der Waals surface area contributed by atoms with E-state index in [0.29, 0.717) is 5.75 Å². The summed E-state index contributed by atoms with van der Waals surface area (Å²) < 4.78 is 0. The first kappa shape index (κ1) is 11.7. The van der Waals surface area contributed by atoms with Crippen LogP contribution in [0.2, 0.25) is 0 Å². The molecule has 39 valence electrons. The molecule has 0 aliphatic carbocycles. The van der Waals surface area contributed by atoms with Crippen molar-refractivity contribution >= 4 is 64.0 Å². The molecule has 1 radical (unpaired) electrons. The third kappa shape index (κ3) is 7.91. The SMILES string of the molecule is OCC(O)CS.[K]. The smallest absolute Gasteiger partial charge is 0.0858 e. The Hall–Kier alpha value is 1.91. The first-order valence-electron chi connectivity index (χ1n) is 1.71. The molecular weight excluding hydrogens is 139 g/mol. The fourth-order valence-electron chi connectivity index (χ4n) is 0.0577. The van der Waals surface area contributed by atoms with E-state index in [0.717, 1.165) is 0 Å². The molecule has 1 unspecified atom stereocenters. The molecule has 0 aliphatic heterocycles. The van der Waals surface area contributed by atoms with Crippen LogP contribution >= 0.6 is 12.6 Å². The summed E-state index contributed by atoms with van der Waals surface area (Å²) in [4.78, 5) is 0. The molecule has 0 aliphatic rings. The molecule has 4 heteroatoms. The van der Waals surface area contributed by atoms with Gasteiger partial charge in [-0.05, 0) is 0 Å². The second-order valence-electron chi connectivity index (χ2n) is 1.02. The van der Waals surface area contributed by atoms with Gasteiger partial charge >= 0.3 is 0 Å². The first-order valence-corrected chi connectivity index (χ1v) is 2.34. The van der Waals surface area contributed by atoms with E-state index in [1.165, 1.54) is 0 Å². The van der Waals surface area contributed by atoms with Gasteiger partial charge in [-0.25, -0.2) is 0 Å². The Labute approximate surface area is 91.1 Å². The van der Waals surface area contributed by atoms with Crippen molar-refractivity contribution in [1.82, 2.24) is 0 Å². The summed E-state index contributed by atoms with van der Waals surface area (Å²) >= 11 is 3.69. The molecule has 2 nitrogen and oxygen atoms in total. The van der Waals surface area contributed by atoms with Gasteiger partial charge in [0, 0.05) is 57.1 Å². The van der Waals surface area contributed by atoms with E-state index < -0.39 is 6.10 Å². The van der Waals surface area contributed by atoms with Crippen molar-refractivity contribution in [2.75, 3.05) is 12.4 Å². The Morgan fingerprint density at radius 2 is 2.00 bits per heavy atom. The second kappa shape index (κ2) is 7.91. The van der Waals surface area contributed by atoms with Crippen LogP contribution in [0.25, 0.3) is 0 Å². The van der Waals surface area contributed by atoms with Crippen molar-refractivity contribution in [2.24, 2.45) is 0 Å². The molecule has 0 aromatic heterocycles. The van der Waals surface area contributed by atoms with Crippen LogP contribution in [-0.2, 0) is 0 Å². The number of hydrogen-bond acceptors (Lipinski definition) is 3. The quantitative estimate of drug-likeness (QED) is 0.342. The van der Waals surface area contributed by atoms with E-state index in [2.05, 4.69) is 12.6 Å². The van der Waals surface area contributed by atoms with Crippen LogP contribution in [0, 0.1) is 0 Å². The largest absolute Gasteiger partial charge is 0.394 e. The average Bonchev–Trinajstić information content (AvgIpc) is 1.65. The minimum absolute atomic E-state index is 0. The predicted molar refractivity (Wildman–Crippen MR) is 32.7 cm³/mol. The normalized spacial score (nSPS) is 12.4. The molecule has 0 aromatic rings. The molecule has 7 heavy (non-hydrogen) atoms.